The molecule has 1 saturated carbocycles. The molecule has 384 valence electrons. The van der Waals surface area contributed by atoms with Crippen LogP contribution in [0.15, 0.2) is 58.6 Å². The van der Waals surface area contributed by atoms with Crippen LogP contribution in [-0.2, 0) is 23.9 Å². The van der Waals surface area contributed by atoms with Gasteiger partial charge in [0.25, 0.3) is 0 Å². The lowest BCUT2D eigenvalue weighted by molar-refractivity contribution is -0.144. The highest BCUT2D eigenvalue weighted by atomic mass is 35.5. The smallest absolute Gasteiger partial charge is 0.246 e. The van der Waals surface area contributed by atoms with E-state index in [2.05, 4.69) is 60.5 Å². The molecule has 3 fully saturated rings. The van der Waals surface area contributed by atoms with Crippen molar-refractivity contribution in [3.05, 3.63) is 92.5 Å². The number of halogens is 1. The number of thiophene rings is 1. The predicted molar refractivity (Wildman–Crippen MR) is 281 cm³/mol. The third-order valence-electron chi connectivity index (χ3n) is 14.7. The molecule has 16 nitrogen and oxygen atoms in total. The number of fused-ring (bicyclic) bond motifs is 3. The molecule has 0 bridgehead atoms. The number of rotatable bonds is 14. The minimum absolute atomic E-state index is 0.00277. The van der Waals surface area contributed by atoms with Crippen LogP contribution in [0.25, 0.3) is 15.4 Å². The van der Waals surface area contributed by atoms with E-state index in [1.165, 1.54) is 9.78 Å². The van der Waals surface area contributed by atoms with Crippen LogP contribution >= 0.6 is 34.3 Å². The number of carbonyl (C=O) groups excluding carboxylic acids is 4. The molecule has 3 aromatic heterocycles. The molecule has 72 heavy (non-hydrogen) atoms. The van der Waals surface area contributed by atoms with Gasteiger partial charge in [-0.15, -0.1) is 44.5 Å². The number of amides is 4. The number of piperidine rings is 1. The Hall–Kier alpha value is -5.11. The Labute approximate surface area is 434 Å². The Morgan fingerprint density at radius 1 is 0.972 bits per heavy atom. The monoisotopic (exact) mass is 1040 g/mol. The Bertz CT molecular complexity index is 2780. The maximum atomic E-state index is 14.3. The van der Waals surface area contributed by atoms with Crippen LogP contribution in [0.4, 0.5) is 0 Å². The van der Waals surface area contributed by atoms with Crippen molar-refractivity contribution in [1.82, 2.24) is 45.5 Å². The predicted octanol–water partition coefficient (Wildman–Crippen LogP) is 6.91. The third-order valence-corrected chi connectivity index (χ3v) is 17.2. The molecule has 2 aliphatic carbocycles. The molecule has 9 rings (SSSR count). The zero-order valence-corrected chi connectivity index (χ0v) is 44.8. The molecule has 5 aliphatic rings. The van der Waals surface area contributed by atoms with Gasteiger partial charge >= 0.3 is 0 Å². The SMILES string of the molecule is Cc1ncsc1-c1ccc([C@H](C)NC(=O)[C@@H]2C[C@@H](O)CN2C(=O)[C@H](NC(=O)CN2CCC(OC3CC(NC(=O)C[C@@H]4N=C(C5=CCC(Cl)C=C5)c5c(sc(C)c5C)-n5c(C)nnc54)C3)CC2)C(C)(C)C)cc1. The summed E-state index contributed by atoms with van der Waals surface area (Å²) in [6, 6.07) is 5.31. The Morgan fingerprint density at radius 3 is 2.38 bits per heavy atom. The van der Waals surface area contributed by atoms with Crippen molar-refractivity contribution in [2.24, 2.45) is 10.4 Å². The Kier molecular flexibility index (Phi) is 15.4. The van der Waals surface area contributed by atoms with Gasteiger partial charge in [0.2, 0.25) is 23.6 Å². The number of thiazole rings is 1. The van der Waals surface area contributed by atoms with Crippen molar-refractivity contribution in [2.45, 2.75) is 154 Å². The second-order valence-electron chi connectivity index (χ2n) is 21.2. The summed E-state index contributed by atoms with van der Waals surface area (Å²) >= 11 is 9.69. The van der Waals surface area contributed by atoms with E-state index in [1.54, 1.807) is 22.7 Å². The van der Waals surface area contributed by atoms with Crippen LogP contribution < -0.4 is 16.0 Å². The topological polar surface area (TPSA) is 196 Å². The minimum Gasteiger partial charge on any atom is -0.391 e. The quantitative estimate of drug-likeness (QED) is 0.0964. The van der Waals surface area contributed by atoms with Gasteiger partial charge in [0, 0.05) is 42.5 Å². The number of β-amino-alcohol motifs (C(OH)–C–C–N with tert-alkyl or cyclic N) is 1. The first-order valence-electron chi connectivity index (χ1n) is 25.2. The number of carbonyl (C=O) groups is 4. The second kappa shape index (κ2) is 21.4. The summed E-state index contributed by atoms with van der Waals surface area (Å²) in [4.78, 5) is 70.8. The highest BCUT2D eigenvalue weighted by molar-refractivity contribution is 7.15. The van der Waals surface area contributed by atoms with Crippen molar-refractivity contribution in [1.29, 1.82) is 0 Å². The fraction of sp³-hybridized carbons (Fsp3) is 0.547. The summed E-state index contributed by atoms with van der Waals surface area (Å²) in [5.41, 5.74) is 8.13. The number of hydrogen-bond acceptors (Lipinski definition) is 13. The zero-order valence-electron chi connectivity index (χ0n) is 42.4. The van der Waals surface area contributed by atoms with Gasteiger partial charge in [-0.25, -0.2) is 4.98 Å². The first-order valence-corrected chi connectivity index (χ1v) is 27.3. The van der Waals surface area contributed by atoms with Crippen molar-refractivity contribution in [2.75, 3.05) is 26.2 Å². The van der Waals surface area contributed by atoms with E-state index >= 15 is 0 Å². The van der Waals surface area contributed by atoms with Crippen LogP contribution in [0.2, 0.25) is 0 Å². The molecule has 1 aromatic carbocycles. The summed E-state index contributed by atoms with van der Waals surface area (Å²) in [7, 11) is 0. The number of aliphatic imine (C=N–C) groups is 1. The lowest BCUT2D eigenvalue weighted by atomic mass is 9.85. The van der Waals surface area contributed by atoms with E-state index in [9.17, 15) is 24.3 Å². The van der Waals surface area contributed by atoms with E-state index in [1.807, 2.05) is 83.5 Å². The minimum atomic E-state index is -0.917. The van der Waals surface area contributed by atoms with Gasteiger partial charge < -0.3 is 30.7 Å². The average molecular weight is 1040 g/mol. The van der Waals surface area contributed by atoms with Gasteiger partial charge in [0.1, 0.15) is 29.0 Å². The van der Waals surface area contributed by atoms with Crippen LogP contribution in [0.1, 0.15) is 124 Å². The molecule has 4 amide bonds. The number of aryl methyl sites for hydroxylation is 3. The summed E-state index contributed by atoms with van der Waals surface area (Å²) < 4.78 is 8.57. The standard InChI is InChI=1S/C53H67ClN10O6S2/c1-28-31(4)72-52-45(28)46(34-13-15-36(54)16-14-34)58-41(49-61-60-32(5)64(49)52)24-43(66)57-37-21-40(22-37)70-39-17-19-62(20-18-39)26-44(67)59-48(53(6,7)8)51(69)63-25-38(65)23-42(63)50(68)56-29(2)33-9-11-35(12-10-33)47-30(3)55-27-71-47/h9-15,27,29,36-42,48,65H,16-26H2,1-8H3,(H,56,68)(H,57,66)(H,59,67)/t29-,36?,37?,38+,40?,41-,42-,48-/m0/s1. The van der Waals surface area contributed by atoms with Crippen molar-refractivity contribution in [3.63, 3.8) is 0 Å². The van der Waals surface area contributed by atoms with Gasteiger partial charge in [0.15, 0.2) is 5.82 Å². The Morgan fingerprint density at radius 2 is 1.71 bits per heavy atom. The number of benzene rings is 1. The molecule has 6 heterocycles. The molecule has 3 aliphatic heterocycles. The fourth-order valence-corrected chi connectivity index (χ4v) is 12.6. The van der Waals surface area contributed by atoms with Crippen molar-refractivity contribution in [3.8, 4) is 15.4 Å². The van der Waals surface area contributed by atoms with E-state index in [4.69, 9.17) is 21.3 Å². The van der Waals surface area contributed by atoms with Crippen molar-refractivity contribution >= 4 is 63.6 Å². The van der Waals surface area contributed by atoms with E-state index in [0.29, 0.717) is 25.3 Å². The van der Waals surface area contributed by atoms with Gasteiger partial charge in [-0.3, -0.25) is 33.6 Å². The summed E-state index contributed by atoms with van der Waals surface area (Å²) in [6.07, 6.45) is 9.24. The maximum absolute atomic E-state index is 14.3. The van der Waals surface area contributed by atoms with E-state index in [-0.39, 0.29) is 73.3 Å². The number of ether oxygens (including phenoxy) is 1. The molecule has 0 spiro atoms. The molecule has 4 aromatic rings. The zero-order chi connectivity index (χ0) is 51.2. The number of aliphatic hydroxyl groups is 1. The fourth-order valence-electron chi connectivity index (χ4n) is 10.5. The molecular formula is C53H67ClN10O6S2. The molecular weight excluding hydrogens is 972 g/mol. The third kappa shape index (κ3) is 11.2. The highest BCUT2D eigenvalue weighted by Gasteiger charge is 2.45. The number of allylic oxidation sites excluding steroid dienone is 4. The van der Waals surface area contributed by atoms with Gasteiger partial charge in [0.05, 0.1) is 64.5 Å². The molecule has 6 atom stereocenters. The number of likely N-dealkylation sites (tertiary alicyclic amines) is 2. The van der Waals surface area contributed by atoms with E-state index < -0.39 is 35.6 Å². The molecule has 1 unspecified atom stereocenters. The average Bonchev–Trinajstić information content (AvgIpc) is 4.10. The van der Waals surface area contributed by atoms with E-state index in [0.717, 1.165) is 80.6 Å². The molecule has 0 radical (unpaired) electrons. The molecule has 4 N–H and O–H groups in total. The largest absolute Gasteiger partial charge is 0.391 e. The number of aliphatic hydroxyl groups excluding tert-OH is 1. The summed E-state index contributed by atoms with van der Waals surface area (Å²) in [5, 5.41) is 30.0. The van der Waals surface area contributed by atoms with Crippen LogP contribution in [0, 0.1) is 33.1 Å². The van der Waals surface area contributed by atoms with Crippen LogP contribution in [0.3, 0.4) is 0 Å². The van der Waals surface area contributed by atoms with Crippen LogP contribution in [-0.4, -0.2) is 132 Å². The van der Waals surface area contributed by atoms with Gasteiger partial charge in [-0.2, -0.15) is 0 Å². The first-order chi connectivity index (χ1) is 34.3. The number of nitrogens with zero attached hydrogens (tertiary/aromatic N) is 7. The first kappa shape index (κ1) is 51.8. The van der Waals surface area contributed by atoms with Gasteiger partial charge in [-0.1, -0.05) is 63.3 Å². The maximum Gasteiger partial charge on any atom is 0.246 e. The number of nitrogens with one attached hydrogen (secondary N) is 3. The number of hydrogen-bond donors (Lipinski definition) is 4. The van der Waals surface area contributed by atoms with Crippen LogP contribution in [0.5, 0.6) is 0 Å². The molecule has 2 saturated heterocycles. The number of alkyl halides is 1. The lowest BCUT2D eigenvalue weighted by Crippen LogP contribution is -2.59. The second-order valence-corrected chi connectivity index (χ2v) is 23.8. The van der Waals surface area contributed by atoms with Crippen molar-refractivity contribution < 1.29 is 29.0 Å². The lowest BCUT2D eigenvalue weighted by Gasteiger charge is -2.40. The number of aromatic nitrogens is 4. The summed E-state index contributed by atoms with van der Waals surface area (Å²) in [5.74, 6) is 0.292. The Balaban J connectivity index is 0.734. The normalized spacial score (nSPS) is 24.3. The molecule has 19 heteroatoms. The highest BCUT2D eigenvalue weighted by Crippen LogP contribution is 2.41. The summed E-state index contributed by atoms with van der Waals surface area (Å²) in [6.45, 7) is 17.1. The van der Waals surface area contributed by atoms with Gasteiger partial charge in [-0.05, 0) is 94.4 Å².